The quantitative estimate of drug-likeness (QED) is 0.135. The third-order valence-electron chi connectivity index (χ3n) is 9.54. The van der Waals surface area contributed by atoms with Crippen LogP contribution < -0.4 is 16.8 Å². The lowest BCUT2D eigenvalue weighted by molar-refractivity contribution is -0.122. The molecule has 39 heavy (non-hydrogen) atoms. The predicted octanol–water partition coefficient (Wildman–Crippen LogP) is 6.07. The summed E-state index contributed by atoms with van der Waals surface area (Å²) >= 11 is 0. The van der Waals surface area contributed by atoms with E-state index in [1.165, 1.54) is 142 Å². The molecule has 0 radical (unpaired) electrons. The van der Waals surface area contributed by atoms with Gasteiger partial charge >= 0.3 is 0 Å². The van der Waals surface area contributed by atoms with E-state index in [2.05, 4.69) is 22.0 Å². The standard InChI is InChI=1S/C33H67N5O/c1-2-3-4-5-6-7-8-9-10-11-12-13-16-24-37-25-18-30(19-26-37)31-20-27-38(28-21-31)29-23-36-33(39)32(35)17-14-15-22-34/h30-32H,2-29,34-35H2,1H3,(H,36,39)/t32-/m0/s1. The molecule has 0 spiro atoms. The van der Waals surface area contributed by atoms with Crippen LogP contribution in [-0.2, 0) is 4.79 Å². The number of piperidine rings is 2. The van der Waals surface area contributed by atoms with Crippen LogP contribution in [0.2, 0.25) is 0 Å². The first kappa shape index (κ1) is 34.5. The minimum absolute atomic E-state index is 0.00697. The van der Waals surface area contributed by atoms with Crippen LogP contribution in [0.25, 0.3) is 0 Å². The third kappa shape index (κ3) is 16.4. The fraction of sp³-hybridized carbons (Fsp3) is 0.970. The number of carbonyl (C=O) groups excluding carboxylic acids is 1. The Morgan fingerprint density at radius 2 is 1.15 bits per heavy atom. The van der Waals surface area contributed by atoms with E-state index in [1.807, 2.05) is 0 Å². The first-order valence-electron chi connectivity index (χ1n) is 17.3. The second-order valence-corrected chi connectivity index (χ2v) is 12.8. The lowest BCUT2D eigenvalue weighted by Crippen LogP contribution is -2.45. The summed E-state index contributed by atoms with van der Waals surface area (Å²) in [5, 5.41) is 3.04. The van der Waals surface area contributed by atoms with Crippen LogP contribution in [0.4, 0.5) is 0 Å². The largest absolute Gasteiger partial charge is 0.353 e. The number of unbranched alkanes of at least 4 members (excludes halogenated alkanes) is 13. The number of nitrogens with zero attached hydrogens (tertiary/aromatic N) is 2. The smallest absolute Gasteiger partial charge is 0.236 e. The van der Waals surface area contributed by atoms with Crippen molar-refractivity contribution in [3.8, 4) is 0 Å². The number of rotatable bonds is 23. The van der Waals surface area contributed by atoms with Gasteiger partial charge in [0.25, 0.3) is 0 Å². The zero-order chi connectivity index (χ0) is 28.0. The Kier molecular flexibility index (Phi) is 20.3. The third-order valence-corrected chi connectivity index (χ3v) is 9.54. The molecule has 6 nitrogen and oxygen atoms in total. The van der Waals surface area contributed by atoms with Crippen LogP contribution in [0.1, 0.15) is 135 Å². The fourth-order valence-corrected chi connectivity index (χ4v) is 6.76. The number of amides is 1. The Hall–Kier alpha value is -0.690. The summed E-state index contributed by atoms with van der Waals surface area (Å²) in [5.41, 5.74) is 11.5. The van der Waals surface area contributed by atoms with Gasteiger partial charge in [0, 0.05) is 13.1 Å². The highest BCUT2D eigenvalue weighted by atomic mass is 16.2. The maximum atomic E-state index is 12.2. The van der Waals surface area contributed by atoms with Crippen molar-refractivity contribution in [1.29, 1.82) is 0 Å². The molecule has 0 aliphatic carbocycles. The van der Waals surface area contributed by atoms with Gasteiger partial charge in [-0.3, -0.25) is 4.79 Å². The van der Waals surface area contributed by atoms with Crippen molar-refractivity contribution in [3.05, 3.63) is 0 Å². The molecule has 0 saturated carbocycles. The van der Waals surface area contributed by atoms with Crippen molar-refractivity contribution >= 4 is 5.91 Å². The Morgan fingerprint density at radius 3 is 1.64 bits per heavy atom. The van der Waals surface area contributed by atoms with E-state index in [0.29, 0.717) is 13.1 Å². The van der Waals surface area contributed by atoms with Gasteiger partial charge in [-0.1, -0.05) is 90.4 Å². The number of nitrogens with one attached hydrogen (secondary N) is 1. The first-order chi connectivity index (χ1) is 19.1. The molecule has 6 heteroatoms. The monoisotopic (exact) mass is 550 g/mol. The molecule has 2 aliphatic heterocycles. The summed E-state index contributed by atoms with van der Waals surface area (Å²) in [6.45, 7) is 11.0. The van der Waals surface area contributed by atoms with Gasteiger partial charge in [-0.25, -0.2) is 0 Å². The molecule has 2 rings (SSSR count). The summed E-state index contributed by atoms with van der Waals surface area (Å²) in [6.07, 6.45) is 26.8. The van der Waals surface area contributed by atoms with Crippen molar-refractivity contribution in [2.45, 2.75) is 141 Å². The molecule has 2 aliphatic rings. The number of hydrogen-bond donors (Lipinski definition) is 3. The van der Waals surface area contributed by atoms with Crippen LogP contribution in [0.3, 0.4) is 0 Å². The van der Waals surface area contributed by atoms with E-state index in [9.17, 15) is 4.79 Å². The Labute approximate surface area is 242 Å². The predicted molar refractivity (Wildman–Crippen MR) is 168 cm³/mol. The van der Waals surface area contributed by atoms with E-state index in [0.717, 1.165) is 37.6 Å². The van der Waals surface area contributed by atoms with Crippen LogP contribution in [0.15, 0.2) is 0 Å². The summed E-state index contributed by atoms with van der Waals surface area (Å²) in [5.74, 6) is 1.83. The molecule has 0 aromatic carbocycles. The van der Waals surface area contributed by atoms with Crippen molar-refractivity contribution < 1.29 is 4.79 Å². The van der Waals surface area contributed by atoms with Gasteiger partial charge in [-0.2, -0.15) is 0 Å². The van der Waals surface area contributed by atoms with Crippen LogP contribution in [0, 0.1) is 11.8 Å². The fourth-order valence-electron chi connectivity index (χ4n) is 6.76. The van der Waals surface area contributed by atoms with Gasteiger partial charge in [0.2, 0.25) is 5.91 Å². The molecule has 2 saturated heterocycles. The zero-order valence-electron chi connectivity index (χ0n) is 26.0. The SMILES string of the molecule is CCCCCCCCCCCCCCCN1CCC(C2CCN(CCNC(=O)[C@@H](N)CCCCN)CC2)CC1. The number of likely N-dealkylation sites (tertiary alicyclic amines) is 2. The van der Waals surface area contributed by atoms with Gasteiger partial charge in [-0.15, -0.1) is 0 Å². The number of carbonyl (C=O) groups is 1. The maximum absolute atomic E-state index is 12.2. The number of hydrogen-bond acceptors (Lipinski definition) is 5. The summed E-state index contributed by atoms with van der Waals surface area (Å²) in [6, 6.07) is -0.391. The van der Waals surface area contributed by atoms with Crippen molar-refractivity contribution in [2.75, 3.05) is 52.4 Å². The normalized spacial score (nSPS) is 18.9. The highest BCUT2D eigenvalue weighted by Crippen LogP contribution is 2.32. The Bertz CT molecular complexity index is 572. The van der Waals surface area contributed by atoms with Crippen LogP contribution in [0.5, 0.6) is 0 Å². The molecule has 0 aromatic heterocycles. The summed E-state index contributed by atoms with van der Waals surface area (Å²) in [4.78, 5) is 17.4. The van der Waals surface area contributed by atoms with E-state index >= 15 is 0 Å². The van der Waals surface area contributed by atoms with E-state index < -0.39 is 6.04 Å². The van der Waals surface area contributed by atoms with Crippen molar-refractivity contribution in [3.63, 3.8) is 0 Å². The summed E-state index contributed by atoms with van der Waals surface area (Å²) < 4.78 is 0. The Morgan fingerprint density at radius 1 is 0.692 bits per heavy atom. The minimum atomic E-state index is -0.391. The average Bonchev–Trinajstić information content (AvgIpc) is 2.96. The minimum Gasteiger partial charge on any atom is -0.353 e. The first-order valence-corrected chi connectivity index (χ1v) is 17.3. The summed E-state index contributed by atoms with van der Waals surface area (Å²) in [7, 11) is 0. The number of nitrogens with two attached hydrogens (primary N) is 2. The molecule has 0 bridgehead atoms. The van der Waals surface area contributed by atoms with Gasteiger partial charge in [-0.05, 0) is 96.1 Å². The molecule has 1 amide bonds. The molecule has 0 aromatic rings. The van der Waals surface area contributed by atoms with Crippen molar-refractivity contribution in [1.82, 2.24) is 15.1 Å². The van der Waals surface area contributed by atoms with E-state index in [4.69, 9.17) is 11.5 Å². The van der Waals surface area contributed by atoms with Gasteiger partial charge < -0.3 is 26.6 Å². The second kappa shape index (κ2) is 22.9. The molecule has 0 unspecified atom stereocenters. The van der Waals surface area contributed by atoms with Crippen LogP contribution in [-0.4, -0.2) is 74.1 Å². The highest BCUT2D eigenvalue weighted by molar-refractivity contribution is 5.81. The maximum Gasteiger partial charge on any atom is 0.236 e. The molecule has 2 heterocycles. The van der Waals surface area contributed by atoms with Gasteiger partial charge in [0.1, 0.15) is 0 Å². The topological polar surface area (TPSA) is 87.6 Å². The lowest BCUT2D eigenvalue weighted by Gasteiger charge is -2.40. The average molecular weight is 550 g/mol. The molecule has 1 atom stereocenters. The molecular formula is C33H67N5O. The molecule has 5 N–H and O–H groups in total. The lowest BCUT2D eigenvalue weighted by atomic mass is 9.79. The van der Waals surface area contributed by atoms with Gasteiger partial charge in [0.15, 0.2) is 0 Å². The molecular weight excluding hydrogens is 482 g/mol. The Balaban J connectivity index is 1.40. The van der Waals surface area contributed by atoms with Gasteiger partial charge in [0.05, 0.1) is 6.04 Å². The van der Waals surface area contributed by atoms with Crippen molar-refractivity contribution in [2.24, 2.45) is 23.3 Å². The highest BCUT2D eigenvalue weighted by Gasteiger charge is 2.29. The van der Waals surface area contributed by atoms with Crippen LogP contribution >= 0.6 is 0 Å². The molecule has 230 valence electrons. The second-order valence-electron chi connectivity index (χ2n) is 12.8. The van der Waals surface area contributed by atoms with E-state index in [-0.39, 0.29) is 5.91 Å². The van der Waals surface area contributed by atoms with E-state index in [1.54, 1.807) is 0 Å². The zero-order valence-corrected chi connectivity index (χ0v) is 26.0. The molecule has 2 fully saturated rings.